The number of alkyl halides is 5. The summed E-state index contributed by atoms with van der Waals surface area (Å²) in [6, 6.07) is -0.226. The van der Waals surface area contributed by atoms with Crippen LogP contribution in [-0.2, 0) is 4.79 Å². The topological polar surface area (TPSA) is 46.3 Å². The zero-order valence-corrected chi connectivity index (χ0v) is 10.1. The predicted molar refractivity (Wildman–Crippen MR) is 56.4 cm³/mol. The number of halogens is 5. The van der Waals surface area contributed by atoms with E-state index in [-0.39, 0.29) is 31.0 Å². The van der Waals surface area contributed by atoms with Crippen molar-refractivity contribution in [3.63, 3.8) is 0 Å². The zero-order chi connectivity index (χ0) is 14.4. The van der Waals surface area contributed by atoms with Crippen molar-refractivity contribution >= 4 is 5.91 Å². The minimum Gasteiger partial charge on any atom is -0.337 e. The smallest absolute Gasteiger partial charge is 0.337 e. The van der Waals surface area contributed by atoms with Gasteiger partial charge in [-0.25, -0.2) is 0 Å². The summed E-state index contributed by atoms with van der Waals surface area (Å²) in [5.74, 6) is -7.69. The average Bonchev–Trinajstić information content (AvgIpc) is 2.71. The lowest BCUT2D eigenvalue weighted by atomic mass is 9.78. The van der Waals surface area contributed by atoms with Crippen LogP contribution in [0, 0.1) is 11.8 Å². The van der Waals surface area contributed by atoms with Gasteiger partial charge in [-0.15, -0.1) is 0 Å². The molecule has 0 spiro atoms. The molecule has 1 aliphatic carbocycles. The molecule has 2 N–H and O–H groups in total. The fourth-order valence-corrected chi connectivity index (χ4v) is 3.00. The van der Waals surface area contributed by atoms with Crippen molar-refractivity contribution in [1.82, 2.24) is 4.90 Å². The van der Waals surface area contributed by atoms with Crippen LogP contribution in [0.1, 0.15) is 19.3 Å². The molecule has 3 unspecified atom stereocenters. The number of rotatable bonds is 1. The Hall–Kier alpha value is -0.920. The SMILES string of the molecule is NC1CCCC2CN(C(=O)C(F)(F)C(F)(F)F)CC12. The Bertz CT molecular complexity index is 371. The summed E-state index contributed by atoms with van der Waals surface area (Å²) in [6.45, 7) is -0.154. The molecule has 1 saturated heterocycles. The number of carbonyl (C=O) groups excluding carboxylic acids is 1. The van der Waals surface area contributed by atoms with Crippen molar-refractivity contribution < 1.29 is 26.7 Å². The van der Waals surface area contributed by atoms with Crippen molar-refractivity contribution in [2.24, 2.45) is 17.6 Å². The van der Waals surface area contributed by atoms with E-state index in [1.54, 1.807) is 0 Å². The molecule has 0 radical (unpaired) electrons. The molecule has 2 aliphatic rings. The molecule has 1 amide bonds. The normalized spacial score (nSPS) is 32.3. The maximum atomic E-state index is 13.0. The van der Waals surface area contributed by atoms with Crippen molar-refractivity contribution in [2.75, 3.05) is 13.1 Å². The molecule has 1 aliphatic heterocycles. The predicted octanol–water partition coefficient (Wildman–Crippen LogP) is 1.77. The minimum atomic E-state index is -5.85. The molecule has 0 aromatic rings. The zero-order valence-electron chi connectivity index (χ0n) is 10.1. The van der Waals surface area contributed by atoms with Crippen molar-refractivity contribution in [3.05, 3.63) is 0 Å². The van der Waals surface area contributed by atoms with Gasteiger partial charge in [0, 0.05) is 19.1 Å². The second kappa shape index (κ2) is 4.57. The quantitative estimate of drug-likeness (QED) is 0.747. The van der Waals surface area contributed by atoms with Crippen LogP contribution in [0.5, 0.6) is 0 Å². The van der Waals surface area contributed by atoms with Crippen LogP contribution < -0.4 is 5.73 Å². The Labute approximate surface area is 106 Å². The van der Waals surface area contributed by atoms with E-state index in [1.807, 2.05) is 0 Å². The van der Waals surface area contributed by atoms with Gasteiger partial charge in [0.05, 0.1) is 0 Å². The molecule has 0 aromatic carbocycles. The maximum Gasteiger partial charge on any atom is 0.463 e. The second-order valence-electron chi connectivity index (χ2n) is 5.30. The van der Waals surface area contributed by atoms with Gasteiger partial charge in [-0.05, 0) is 24.7 Å². The van der Waals surface area contributed by atoms with Crippen molar-refractivity contribution in [2.45, 2.75) is 37.4 Å². The van der Waals surface area contributed by atoms with Crippen LogP contribution in [0.2, 0.25) is 0 Å². The second-order valence-corrected chi connectivity index (χ2v) is 5.30. The Morgan fingerprint density at radius 3 is 2.26 bits per heavy atom. The van der Waals surface area contributed by atoms with Gasteiger partial charge in [0.1, 0.15) is 0 Å². The number of amides is 1. The lowest BCUT2D eigenvalue weighted by molar-refractivity contribution is -0.274. The summed E-state index contributed by atoms with van der Waals surface area (Å²) in [4.78, 5) is 12.0. The van der Waals surface area contributed by atoms with Crippen LogP contribution in [-0.4, -0.2) is 42.0 Å². The molecule has 1 saturated carbocycles. The molecule has 3 atom stereocenters. The molecule has 0 bridgehead atoms. The number of likely N-dealkylation sites (tertiary alicyclic amines) is 1. The number of hydrogen-bond donors (Lipinski definition) is 1. The van der Waals surface area contributed by atoms with Crippen molar-refractivity contribution in [3.8, 4) is 0 Å². The first-order valence-electron chi connectivity index (χ1n) is 6.14. The summed E-state index contributed by atoms with van der Waals surface area (Å²) in [5, 5.41) is 0. The molecule has 0 aromatic heterocycles. The fraction of sp³-hybridized carbons (Fsp3) is 0.909. The van der Waals surface area contributed by atoms with E-state index in [0.717, 1.165) is 19.3 Å². The number of hydrogen-bond acceptors (Lipinski definition) is 2. The standard InChI is InChI=1S/C11H15F5N2O/c12-10(13,11(14,15)16)9(19)18-4-6-2-1-3-8(17)7(6)5-18/h6-8H,1-5,17H2. The summed E-state index contributed by atoms with van der Waals surface area (Å²) in [6.07, 6.45) is -3.58. The van der Waals surface area contributed by atoms with Crippen LogP contribution in [0.25, 0.3) is 0 Å². The highest BCUT2D eigenvalue weighted by Crippen LogP contribution is 2.41. The average molecular weight is 286 g/mol. The largest absolute Gasteiger partial charge is 0.463 e. The molecular weight excluding hydrogens is 271 g/mol. The maximum absolute atomic E-state index is 13.0. The Morgan fingerprint density at radius 1 is 1.11 bits per heavy atom. The van der Waals surface area contributed by atoms with Gasteiger partial charge in [-0.3, -0.25) is 4.79 Å². The molecule has 1 heterocycles. The van der Waals surface area contributed by atoms with Gasteiger partial charge in [0.2, 0.25) is 0 Å². The summed E-state index contributed by atoms with van der Waals surface area (Å²) < 4.78 is 62.5. The van der Waals surface area contributed by atoms with Gasteiger partial charge in [-0.1, -0.05) is 6.42 Å². The van der Waals surface area contributed by atoms with E-state index < -0.39 is 18.0 Å². The third kappa shape index (κ3) is 2.42. The van der Waals surface area contributed by atoms with Crippen LogP contribution in [0.3, 0.4) is 0 Å². The van der Waals surface area contributed by atoms with E-state index in [1.165, 1.54) is 0 Å². The van der Waals surface area contributed by atoms with E-state index in [2.05, 4.69) is 0 Å². The highest BCUT2D eigenvalue weighted by Gasteiger charge is 2.65. The number of carbonyl (C=O) groups is 1. The monoisotopic (exact) mass is 286 g/mol. The summed E-state index contributed by atoms with van der Waals surface area (Å²) in [5.41, 5.74) is 5.83. The molecule has 2 rings (SSSR count). The third-order valence-corrected chi connectivity index (χ3v) is 4.07. The summed E-state index contributed by atoms with van der Waals surface area (Å²) in [7, 11) is 0. The van der Waals surface area contributed by atoms with E-state index >= 15 is 0 Å². The Kier molecular flexibility index (Phi) is 3.49. The van der Waals surface area contributed by atoms with Gasteiger partial charge >= 0.3 is 18.0 Å². The van der Waals surface area contributed by atoms with E-state index in [9.17, 15) is 26.7 Å². The highest BCUT2D eigenvalue weighted by molar-refractivity contribution is 5.84. The first-order valence-corrected chi connectivity index (χ1v) is 6.14. The molecule has 8 heteroatoms. The number of fused-ring (bicyclic) bond motifs is 1. The van der Waals surface area contributed by atoms with Crippen molar-refractivity contribution in [1.29, 1.82) is 0 Å². The Morgan fingerprint density at radius 2 is 1.74 bits per heavy atom. The Balaban J connectivity index is 2.10. The molecule has 19 heavy (non-hydrogen) atoms. The molecule has 110 valence electrons. The number of nitrogens with zero attached hydrogens (tertiary/aromatic N) is 1. The van der Waals surface area contributed by atoms with Crippen LogP contribution >= 0.6 is 0 Å². The lowest BCUT2D eigenvalue weighted by Gasteiger charge is -2.29. The minimum absolute atomic E-state index is 0.0527. The lowest BCUT2D eigenvalue weighted by Crippen LogP contribution is -2.51. The van der Waals surface area contributed by atoms with E-state index in [4.69, 9.17) is 5.73 Å². The first-order chi connectivity index (χ1) is 8.64. The van der Waals surface area contributed by atoms with Gasteiger partial charge in [-0.2, -0.15) is 22.0 Å². The third-order valence-electron chi connectivity index (χ3n) is 4.07. The van der Waals surface area contributed by atoms with Gasteiger partial charge < -0.3 is 10.6 Å². The van der Waals surface area contributed by atoms with Crippen LogP contribution in [0.4, 0.5) is 22.0 Å². The summed E-state index contributed by atoms with van der Waals surface area (Å²) >= 11 is 0. The molecule has 3 nitrogen and oxygen atoms in total. The van der Waals surface area contributed by atoms with Gasteiger partial charge in [0.25, 0.3) is 0 Å². The highest BCUT2D eigenvalue weighted by atomic mass is 19.4. The molecule has 2 fully saturated rings. The fourth-order valence-electron chi connectivity index (χ4n) is 3.00. The van der Waals surface area contributed by atoms with Crippen LogP contribution in [0.15, 0.2) is 0 Å². The molecular formula is C11H15F5N2O. The number of nitrogens with two attached hydrogens (primary N) is 1. The van der Waals surface area contributed by atoms with E-state index in [0.29, 0.717) is 4.90 Å². The van der Waals surface area contributed by atoms with Gasteiger partial charge in [0.15, 0.2) is 0 Å². The first kappa shape index (κ1) is 14.5.